The van der Waals surface area contributed by atoms with Gasteiger partial charge < -0.3 is 24.0 Å². The molecule has 1 aliphatic heterocycles. The third kappa shape index (κ3) is 3.44. The number of benzene rings is 1. The number of hydrogen-bond donors (Lipinski definition) is 0. The molecule has 2 amide bonds. The van der Waals surface area contributed by atoms with Gasteiger partial charge in [0.15, 0.2) is 12.4 Å². The lowest BCUT2D eigenvalue weighted by atomic mass is 10.1. The molecule has 0 unspecified atom stereocenters. The van der Waals surface area contributed by atoms with Gasteiger partial charge in [-0.05, 0) is 18.6 Å². The first-order valence-electron chi connectivity index (χ1n) is 7.69. The van der Waals surface area contributed by atoms with Crippen LogP contribution < -0.4 is 33.4 Å². The lowest BCUT2D eigenvalue weighted by Gasteiger charge is -2.12. The number of pyridine rings is 1. The second-order valence-corrected chi connectivity index (χ2v) is 5.49. The van der Waals surface area contributed by atoms with Gasteiger partial charge in [-0.25, -0.2) is 9.47 Å². The Morgan fingerprint density at radius 2 is 1.48 bits per heavy atom. The van der Waals surface area contributed by atoms with Gasteiger partial charge in [-0.2, -0.15) is 0 Å². The van der Waals surface area contributed by atoms with Crippen molar-refractivity contribution in [3.05, 3.63) is 59.9 Å². The average molecular weight is 422 g/mol. The number of carbonyl (C=O) groups excluding carboxylic acids is 2. The molecule has 23 heavy (non-hydrogen) atoms. The molecular formula is C18H19IN2O2. The molecule has 0 saturated carbocycles. The Morgan fingerprint density at radius 3 is 2.00 bits per heavy atom. The molecule has 4 nitrogen and oxygen atoms in total. The molecule has 0 bridgehead atoms. The average Bonchev–Trinajstić information content (AvgIpc) is 2.81. The Balaban J connectivity index is 0.00000192. The number of aryl methyl sites for hydroxylation is 1. The minimum Gasteiger partial charge on any atom is -1.00 e. The van der Waals surface area contributed by atoms with Crippen LogP contribution in [0.25, 0.3) is 0 Å². The zero-order chi connectivity index (χ0) is 15.5. The van der Waals surface area contributed by atoms with Crippen molar-refractivity contribution in [1.82, 2.24) is 0 Å². The van der Waals surface area contributed by atoms with Crippen LogP contribution in [-0.2, 0) is 6.54 Å². The zero-order valence-electron chi connectivity index (χ0n) is 13.0. The van der Waals surface area contributed by atoms with Gasteiger partial charge in [0.2, 0.25) is 0 Å². The van der Waals surface area contributed by atoms with Crippen LogP contribution in [0.2, 0.25) is 0 Å². The van der Waals surface area contributed by atoms with Crippen LogP contribution in [0.3, 0.4) is 0 Å². The number of halogens is 1. The fraction of sp³-hybridized carbons (Fsp3) is 0.278. The summed E-state index contributed by atoms with van der Waals surface area (Å²) in [5.41, 5.74) is 1.58. The SMILES string of the molecule is CCCCC[n+]1ccc(N2C(=O)c3ccccc3C2=O)cc1.[I-]. The smallest absolute Gasteiger partial charge is 0.266 e. The minimum absolute atomic E-state index is 0. The number of nitrogens with zero attached hydrogens (tertiary/aromatic N) is 2. The quantitative estimate of drug-likeness (QED) is 0.294. The molecule has 120 valence electrons. The van der Waals surface area contributed by atoms with Crippen LogP contribution in [0.15, 0.2) is 48.8 Å². The second-order valence-electron chi connectivity index (χ2n) is 5.49. The summed E-state index contributed by atoms with van der Waals surface area (Å²) >= 11 is 0. The molecule has 5 heteroatoms. The highest BCUT2D eigenvalue weighted by molar-refractivity contribution is 6.34. The van der Waals surface area contributed by atoms with Crippen LogP contribution in [0.5, 0.6) is 0 Å². The normalized spacial score (nSPS) is 13.0. The Hall–Kier alpha value is -1.76. The monoisotopic (exact) mass is 422 g/mol. The Labute approximate surface area is 153 Å². The molecule has 0 N–H and O–H groups in total. The minimum atomic E-state index is -0.246. The summed E-state index contributed by atoms with van der Waals surface area (Å²) in [6, 6.07) is 10.6. The van der Waals surface area contributed by atoms with E-state index in [1.165, 1.54) is 17.7 Å². The third-order valence-electron chi connectivity index (χ3n) is 3.95. The zero-order valence-corrected chi connectivity index (χ0v) is 15.2. The number of amides is 2. The van der Waals surface area contributed by atoms with E-state index in [1.54, 1.807) is 24.3 Å². The maximum absolute atomic E-state index is 12.4. The van der Waals surface area contributed by atoms with Gasteiger partial charge in [-0.3, -0.25) is 9.59 Å². The van der Waals surface area contributed by atoms with E-state index in [-0.39, 0.29) is 35.8 Å². The van der Waals surface area contributed by atoms with Crippen LogP contribution >= 0.6 is 0 Å². The van der Waals surface area contributed by atoms with Crippen molar-refractivity contribution in [1.29, 1.82) is 0 Å². The van der Waals surface area contributed by atoms with Crippen LogP contribution in [-0.4, -0.2) is 11.8 Å². The van der Waals surface area contributed by atoms with Crippen LogP contribution in [0.1, 0.15) is 46.9 Å². The van der Waals surface area contributed by atoms with E-state index in [2.05, 4.69) is 11.5 Å². The van der Waals surface area contributed by atoms with E-state index in [0.717, 1.165) is 13.0 Å². The number of hydrogen-bond acceptors (Lipinski definition) is 2. The fourth-order valence-electron chi connectivity index (χ4n) is 2.72. The van der Waals surface area contributed by atoms with Gasteiger partial charge in [-0.15, -0.1) is 0 Å². The first-order valence-corrected chi connectivity index (χ1v) is 7.69. The maximum atomic E-state index is 12.4. The summed E-state index contributed by atoms with van der Waals surface area (Å²) in [5, 5.41) is 0. The number of fused-ring (bicyclic) bond motifs is 1. The highest BCUT2D eigenvalue weighted by atomic mass is 127. The van der Waals surface area contributed by atoms with E-state index in [0.29, 0.717) is 16.8 Å². The lowest BCUT2D eigenvalue weighted by molar-refractivity contribution is -0.697. The molecule has 0 radical (unpaired) electrons. The van der Waals surface area contributed by atoms with Crippen molar-refractivity contribution in [2.45, 2.75) is 32.7 Å². The van der Waals surface area contributed by atoms with Crippen LogP contribution in [0.4, 0.5) is 5.69 Å². The molecule has 3 rings (SSSR count). The van der Waals surface area contributed by atoms with Gasteiger partial charge >= 0.3 is 0 Å². The molecule has 0 fully saturated rings. The highest BCUT2D eigenvalue weighted by Gasteiger charge is 2.36. The van der Waals surface area contributed by atoms with Crippen molar-refractivity contribution in [2.75, 3.05) is 4.90 Å². The van der Waals surface area contributed by atoms with E-state index in [4.69, 9.17) is 0 Å². The molecule has 1 aliphatic rings. The Kier molecular flexibility index (Phi) is 5.87. The molecule has 2 heterocycles. The first kappa shape index (κ1) is 17.6. The summed E-state index contributed by atoms with van der Waals surface area (Å²) in [4.78, 5) is 26.1. The topological polar surface area (TPSA) is 41.3 Å². The van der Waals surface area contributed by atoms with Crippen molar-refractivity contribution in [3.63, 3.8) is 0 Å². The van der Waals surface area contributed by atoms with E-state index in [1.807, 2.05) is 24.5 Å². The van der Waals surface area contributed by atoms with Crippen molar-refractivity contribution in [3.8, 4) is 0 Å². The number of imide groups is 1. The number of unbranched alkanes of at least 4 members (excludes halogenated alkanes) is 2. The number of carbonyl (C=O) groups is 2. The summed E-state index contributed by atoms with van der Waals surface area (Å²) in [6.45, 7) is 3.13. The standard InChI is InChI=1S/C18H19N2O2.HI/c1-2-3-6-11-19-12-9-14(10-13-19)20-17(21)15-7-4-5-8-16(15)18(20)22;/h4-5,7-10,12-13H,2-3,6,11H2,1H3;1H/q+1;/p-1. The number of aromatic nitrogens is 1. The van der Waals surface area contributed by atoms with E-state index >= 15 is 0 Å². The molecule has 0 aliphatic carbocycles. The van der Waals surface area contributed by atoms with Crippen LogP contribution in [0, 0.1) is 0 Å². The lowest BCUT2D eigenvalue weighted by Crippen LogP contribution is -3.00. The Morgan fingerprint density at radius 1 is 0.913 bits per heavy atom. The number of rotatable bonds is 5. The first-order chi connectivity index (χ1) is 10.7. The van der Waals surface area contributed by atoms with Gasteiger partial charge in [-0.1, -0.05) is 25.5 Å². The fourth-order valence-corrected chi connectivity index (χ4v) is 2.72. The van der Waals surface area contributed by atoms with Gasteiger partial charge in [0.1, 0.15) is 6.54 Å². The van der Waals surface area contributed by atoms with E-state index in [9.17, 15) is 9.59 Å². The molecule has 1 aromatic heterocycles. The largest absolute Gasteiger partial charge is 1.00 e. The van der Waals surface area contributed by atoms with Gasteiger partial charge in [0, 0.05) is 18.6 Å². The van der Waals surface area contributed by atoms with Crippen molar-refractivity contribution >= 4 is 17.5 Å². The Bertz CT molecular complexity index is 678. The van der Waals surface area contributed by atoms with Crippen molar-refractivity contribution in [2.24, 2.45) is 0 Å². The maximum Gasteiger partial charge on any atom is 0.266 e. The summed E-state index contributed by atoms with van der Waals surface area (Å²) in [7, 11) is 0. The van der Waals surface area contributed by atoms with Gasteiger partial charge in [0.05, 0.1) is 16.8 Å². The van der Waals surface area contributed by atoms with E-state index < -0.39 is 0 Å². The highest BCUT2D eigenvalue weighted by Crippen LogP contribution is 2.27. The van der Waals surface area contributed by atoms with Crippen molar-refractivity contribution < 1.29 is 38.1 Å². The molecule has 2 aromatic rings. The third-order valence-corrected chi connectivity index (χ3v) is 3.95. The molecule has 0 saturated heterocycles. The summed E-state index contributed by atoms with van der Waals surface area (Å²) < 4.78 is 2.08. The number of anilines is 1. The predicted octanol–water partition coefficient (Wildman–Crippen LogP) is -0.0311. The molecule has 0 spiro atoms. The molecular weight excluding hydrogens is 403 g/mol. The molecule has 0 atom stereocenters. The summed E-state index contributed by atoms with van der Waals surface area (Å²) in [5.74, 6) is -0.492. The molecule has 1 aromatic carbocycles. The second kappa shape index (κ2) is 7.68. The van der Waals surface area contributed by atoms with Gasteiger partial charge in [0.25, 0.3) is 11.8 Å². The summed E-state index contributed by atoms with van der Waals surface area (Å²) in [6.07, 6.45) is 7.37. The predicted molar refractivity (Wildman–Crippen MR) is 83.7 cm³/mol.